The Bertz CT molecular complexity index is 874. The van der Waals surface area contributed by atoms with Gasteiger partial charge in [-0.25, -0.2) is 0 Å². The van der Waals surface area contributed by atoms with Crippen LogP contribution in [0, 0.1) is 23.0 Å². The Hall–Kier alpha value is -3.22. The van der Waals surface area contributed by atoms with Crippen molar-refractivity contribution in [3.05, 3.63) is 69.8 Å². The van der Waals surface area contributed by atoms with Crippen molar-refractivity contribution < 1.29 is 14.5 Å². The average molecular weight is 381 g/mol. The molecular weight excluding hydrogens is 358 g/mol. The molecule has 1 aliphatic rings. The van der Waals surface area contributed by atoms with Crippen LogP contribution in [0.3, 0.4) is 0 Å². The highest BCUT2D eigenvalue weighted by Gasteiger charge is 2.27. The Morgan fingerprint density at radius 2 is 1.82 bits per heavy atom. The van der Waals surface area contributed by atoms with E-state index in [4.69, 9.17) is 0 Å². The van der Waals surface area contributed by atoms with Crippen LogP contribution in [0.15, 0.2) is 48.5 Å². The summed E-state index contributed by atoms with van der Waals surface area (Å²) in [5, 5.41) is 13.4. The van der Waals surface area contributed by atoms with Crippen LogP contribution in [0.5, 0.6) is 0 Å². The van der Waals surface area contributed by atoms with Gasteiger partial charge in [0.25, 0.3) is 5.69 Å². The lowest BCUT2D eigenvalue weighted by molar-refractivity contribution is -0.384. The quantitative estimate of drug-likeness (QED) is 0.499. The second-order valence-corrected chi connectivity index (χ2v) is 7.14. The van der Waals surface area contributed by atoms with Gasteiger partial charge in [0.1, 0.15) is 0 Å². The number of non-ortho nitro benzene ring substituents is 1. The summed E-state index contributed by atoms with van der Waals surface area (Å²) in [6, 6.07) is 14.4. The van der Waals surface area contributed by atoms with Crippen LogP contribution in [-0.4, -0.2) is 34.7 Å². The molecule has 0 unspecified atom stereocenters. The Morgan fingerprint density at radius 1 is 1.14 bits per heavy atom. The average Bonchev–Trinajstić information content (AvgIpc) is 2.70. The molecule has 1 N–H and O–H groups in total. The zero-order chi connectivity index (χ0) is 20.1. The van der Waals surface area contributed by atoms with Gasteiger partial charge >= 0.3 is 11.8 Å². The number of nitro groups is 1. The van der Waals surface area contributed by atoms with Crippen molar-refractivity contribution in [3.8, 4) is 0 Å². The van der Waals surface area contributed by atoms with E-state index in [9.17, 15) is 19.7 Å². The number of hydrogen-bond acceptors (Lipinski definition) is 4. The van der Waals surface area contributed by atoms with Crippen LogP contribution >= 0.6 is 0 Å². The predicted molar refractivity (Wildman–Crippen MR) is 106 cm³/mol. The molecule has 2 amide bonds. The summed E-state index contributed by atoms with van der Waals surface area (Å²) in [6.45, 7) is 2.77. The van der Waals surface area contributed by atoms with Crippen LogP contribution in [0.25, 0.3) is 0 Å². The molecule has 28 heavy (non-hydrogen) atoms. The van der Waals surface area contributed by atoms with Crippen molar-refractivity contribution in [3.63, 3.8) is 0 Å². The van der Waals surface area contributed by atoms with Gasteiger partial charge < -0.3 is 10.2 Å². The molecule has 1 heterocycles. The number of amides is 2. The summed E-state index contributed by atoms with van der Waals surface area (Å²) < 4.78 is 0. The van der Waals surface area contributed by atoms with Crippen molar-refractivity contribution in [2.24, 2.45) is 5.92 Å². The summed E-state index contributed by atoms with van der Waals surface area (Å²) in [6.07, 6.45) is 2.71. The molecule has 0 saturated carbocycles. The van der Waals surface area contributed by atoms with Gasteiger partial charge in [-0.15, -0.1) is 0 Å². The van der Waals surface area contributed by atoms with Crippen molar-refractivity contribution in [2.45, 2.75) is 26.2 Å². The number of aryl methyl sites for hydroxylation is 1. The van der Waals surface area contributed by atoms with Crippen LogP contribution in [0.4, 0.5) is 11.4 Å². The van der Waals surface area contributed by atoms with Crippen molar-refractivity contribution in [1.29, 1.82) is 0 Å². The normalized spacial score (nSPS) is 14.5. The largest absolute Gasteiger partial charge is 0.334 e. The molecule has 146 valence electrons. The number of nitrogens with one attached hydrogen (secondary N) is 1. The molecule has 0 spiro atoms. The van der Waals surface area contributed by atoms with Crippen molar-refractivity contribution >= 4 is 23.2 Å². The Labute approximate surface area is 163 Å². The van der Waals surface area contributed by atoms with Crippen LogP contribution < -0.4 is 5.32 Å². The van der Waals surface area contributed by atoms with E-state index < -0.39 is 16.7 Å². The number of likely N-dealkylation sites (tertiary alicyclic amines) is 1. The van der Waals surface area contributed by atoms with Gasteiger partial charge in [0, 0.05) is 30.9 Å². The molecule has 2 aromatic rings. The standard InChI is InChI=1S/C21H23N3O4/c1-15-13-18(24(27)28)7-8-19(15)22-20(25)21(26)23-11-9-17(10-12-23)14-16-5-3-2-4-6-16/h2-8,13,17H,9-12,14H2,1H3,(H,22,25). The maximum Gasteiger partial charge on any atom is 0.313 e. The van der Waals surface area contributed by atoms with E-state index in [1.54, 1.807) is 11.8 Å². The molecular formula is C21H23N3O4. The monoisotopic (exact) mass is 381 g/mol. The van der Waals surface area contributed by atoms with Gasteiger partial charge in [0.15, 0.2) is 0 Å². The number of nitrogens with zero attached hydrogens (tertiary/aromatic N) is 2. The third-order valence-electron chi connectivity index (χ3n) is 5.13. The fourth-order valence-corrected chi connectivity index (χ4v) is 3.51. The maximum absolute atomic E-state index is 12.5. The SMILES string of the molecule is Cc1cc([N+](=O)[O-])ccc1NC(=O)C(=O)N1CCC(Cc2ccccc2)CC1. The fraction of sp³-hybridized carbons (Fsp3) is 0.333. The number of anilines is 1. The molecule has 7 heteroatoms. The first-order valence-corrected chi connectivity index (χ1v) is 9.33. The molecule has 1 aliphatic heterocycles. The first-order chi connectivity index (χ1) is 13.4. The van der Waals surface area contributed by atoms with Gasteiger partial charge in [-0.1, -0.05) is 30.3 Å². The van der Waals surface area contributed by atoms with E-state index in [0.717, 1.165) is 19.3 Å². The van der Waals surface area contributed by atoms with Crippen molar-refractivity contribution in [1.82, 2.24) is 4.90 Å². The minimum atomic E-state index is -0.710. The molecule has 2 aromatic carbocycles. The van der Waals surface area contributed by atoms with E-state index in [1.807, 2.05) is 18.2 Å². The first kappa shape index (κ1) is 19.5. The first-order valence-electron chi connectivity index (χ1n) is 9.33. The lowest BCUT2D eigenvalue weighted by atomic mass is 9.90. The summed E-state index contributed by atoms with van der Waals surface area (Å²) >= 11 is 0. The third-order valence-corrected chi connectivity index (χ3v) is 5.13. The van der Waals surface area contributed by atoms with E-state index >= 15 is 0 Å². The van der Waals surface area contributed by atoms with Crippen LogP contribution in [0.1, 0.15) is 24.0 Å². The lowest BCUT2D eigenvalue weighted by Gasteiger charge is -2.31. The minimum Gasteiger partial charge on any atom is -0.334 e. The molecule has 0 radical (unpaired) electrons. The van der Waals surface area contributed by atoms with E-state index in [0.29, 0.717) is 30.3 Å². The second kappa shape index (κ2) is 8.65. The Morgan fingerprint density at radius 3 is 2.43 bits per heavy atom. The third kappa shape index (κ3) is 4.73. The van der Waals surface area contributed by atoms with Crippen molar-refractivity contribution in [2.75, 3.05) is 18.4 Å². The Kier molecular flexibility index (Phi) is 6.03. The topological polar surface area (TPSA) is 92.5 Å². The Balaban J connectivity index is 1.53. The predicted octanol–water partition coefficient (Wildman–Crippen LogP) is 3.32. The summed E-state index contributed by atoms with van der Waals surface area (Å²) in [5.41, 5.74) is 2.18. The summed E-state index contributed by atoms with van der Waals surface area (Å²) in [5.74, 6) is -0.763. The van der Waals surface area contributed by atoms with Gasteiger partial charge in [-0.05, 0) is 49.3 Å². The number of hydrogen-bond donors (Lipinski definition) is 1. The molecule has 0 atom stereocenters. The molecule has 1 saturated heterocycles. The number of nitro benzene ring substituents is 1. The van der Waals surface area contributed by atoms with Crippen LogP contribution in [-0.2, 0) is 16.0 Å². The highest BCUT2D eigenvalue weighted by Crippen LogP contribution is 2.23. The zero-order valence-electron chi connectivity index (χ0n) is 15.8. The van der Waals surface area contributed by atoms with Gasteiger partial charge in [-0.3, -0.25) is 19.7 Å². The highest BCUT2D eigenvalue weighted by atomic mass is 16.6. The number of piperidine rings is 1. The number of benzene rings is 2. The van der Waals surface area contributed by atoms with Gasteiger partial charge in [0.05, 0.1) is 4.92 Å². The number of carbonyl (C=O) groups is 2. The molecule has 0 bridgehead atoms. The summed E-state index contributed by atoms with van der Waals surface area (Å²) in [7, 11) is 0. The lowest BCUT2D eigenvalue weighted by Crippen LogP contribution is -2.44. The molecule has 0 aromatic heterocycles. The van der Waals surface area contributed by atoms with Gasteiger partial charge in [0.2, 0.25) is 0 Å². The van der Waals surface area contributed by atoms with Gasteiger partial charge in [-0.2, -0.15) is 0 Å². The fourth-order valence-electron chi connectivity index (χ4n) is 3.51. The van der Waals surface area contributed by atoms with E-state index in [2.05, 4.69) is 17.4 Å². The molecule has 0 aliphatic carbocycles. The number of carbonyl (C=O) groups excluding carboxylic acids is 2. The van der Waals surface area contributed by atoms with Crippen LogP contribution in [0.2, 0.25) is 0 Å². The minimum absolute atomic E-state index is 0.0534. The highest BCUT2D eigenvalue weighted by molar-refractivity contribution is 6.39. The molecule has 3 rings (SSSR count). The maximum atomic E-state index is 12.5. The van der Waals surface area contributed by atoms with E-state index in [-0.39, 0.29) is 5.69 Å². The summed E-state index contributed by atoms with van der Waals surface area (Å²) in [4.78, 5) is 36.7. The molecule has 7 nitrogen and oxygen atoms in total. The smallest absolute Gasteiger partial charge is 0.313 e. The van der Waals surface area contributed by atoms with E-state index in [1.165, 1.54) is 23.8 Å². The number of rotatable bonds is 4. The molecule has 1 fully saturated rings. The zero-order valence-corrected chi connectivity index (χ0v) is 15.8. The second-order valence-electron chi connectivity index (χ2n) is 7.14.